The van der Waals surface area contributed by atoms with Crippen LogP contribution in [-0.4, -0.2) is 42.7 Å². The van der Waals surface area contributed by atoms with E-state index in [4.69, 9.17) is 10.2 Å². The Morgan fingerprint density at radius 3 is 2.36 bits per heavy atom. The molecule has 0 amide bonds. The van der Waals surface area contributed by atoms with E-state index in [0.717, 1.165) is 26.4 Å². The Bertz CT molecular complexity index is 139. The van der Waals surface area contributed by atoms with Crippen molar-refractivity contribution in [3.63, 3.8) is 0 Å². The molecule has 0 fully saturated rings. The number of aliphatic hydroxyl groups excluding tert-OH is 1. The minimum absolute atomic E-state index is 0.209. The highest BCUT2D eigenvalue weighted by Crippen LogP contribution is 1.86. The second kappa shape index (κ2) is 14.6. The molecule has 5 heteroatoms. The summed E-state index contributed by atoms with van der Waals surface area (Å²) in [4.78, 5) is 19.9. The van der Waals surface area contributed by atoms with Crippen molar-refractivity contribution < 1.29 is 19.8 Å². The molecule has 5 nitrogen and oxygen atoms in total. The highest BCUT2D eigenvalue weighted by atomic mass is 16.4. The maximum absolute atomic E-state index is 10.1. The van der Waals surface area contributed by atoms with Gasteiger partial charge in [-0.25, -0.2) is 0 Å². The number of hydrogen-bond acceptors (Lipinski definition) is 4. The molecule has 0 aliphatic rings. The summed E-state index contributed by atoms with van der Waals surface area (Å²) in [5.41, 5.74) is 0. The third kappa shape index (κ3) is 17.2. The third-order valence-electron chi connectivity index (χ3n) is 1.42. The van der Waals surface area contributed by atoms with Crippen LogP contribution in [-0.2, 0) is 9.59 Å². The molecule has 0 aliphatic heterocycles. The van der Waals surface area contributed by atoms with Gasteiger partial charge in [0.2, 0.25) is 0 Å². The van der Waals surface area contributed by atoms with Crippen molar-refractivity contribution >= 4 is 12.3 Å². The number of carbonyl (C=O) groups is 2. The number of aldehydes is 1. The van der Waals surface area contributed by atoms with Gasteiger partial charge >= 0.3 is 5.97 Å². The van der Waals surface area contributed by atoms with Crippen LogP contribution in [0.25, 0.3) is 0 Å². The van der Waals surface area contributed by atoms with Crippen LogP contribution in [0.2, 0.25) is 0 Å². The van der Waals surface area contributed by atoms with Crippen LogP contribution in [0.4, 0.5) is 0 Å². The van der Waals surface area contributed by atoms with Gasteiger partial charge in [-0.3, -0.25) is 4.79 Å². The van der Waals surface area contributed by atoms with Crippen LogP contribution in [0.1, 0.15) is 25.7 Å². The molecule has 0 rings (SSSR count). The van der Waals surface area contributed by atoms with E-state index in [1.54, 1.807) is 0 Å². The summed E-state index contributed by atoms with van der Waals surface area (Å²) in [6.07, 6.45) is 3.15. The van der Waals surface area contributed by atoms with E-state index in [2.05, 4.69) is 5.32 Å². The Morgan fingerprint density at radius 2 is 1.86 bits per heavy atom. The van der Waals surface area contributed by atoms with E-state index >= 15 is 0 Å². The first-order valence-corrected chi connectivity index (χ1v) is 4.58. The van der Waals surface area contributed by atoms with Gasteiger partial charge in [-0.2, -0.15) is 0 Å². The van der Waals surface area contributed by atoms with Crippen LogP contribution in [0.3, 0.4) is 0 Å². The molecule has 0 saturated heterocycles. The fourth-order valence-corrected chi connectivity index (χ4v) is 0.800. The maximum atomic E-state index is 10.1. The molecule has 0 heterocycles. The van der Waals surface area contributed by atoms with E-state index < -0.39 is 5.97 Å². The molecule has 3 N–H and O–H groups in total. The smallest absolute Gasteiger partial charge is 0.303 e. The van der Waals surface area contributed by atoms with Crippen LogP contribution in [0.15, 0.2) is 0 Å². The van der Waals surface area contributed by atoms with E-state index in [0.29, 0.717) is 19.4 Å². The number of carbonyl (C=O) groups excluding carboxylic acids is 1. The molecule has 0 aliphatic carbocycles. The molecule has 0 radical (unpaired) electrons. The minimum Gasteiger partial charge on any atom is -0.481 e. The van der Waals surface area contributed by atoms with Crippen molar-refractivity contribution in [3.8, 4) is 0 Å². The monoisotopic (exact) mass is 205 g/mol. The zero-order valence-electron chi connectivity index (χ0n) is 8.53. The van der Waals surface area contributed by atoms with Gasteiger partial charge in [-0.15, -0.1) is 0 Å². The Hall–Kier alpha value is -0.940. The zero-order valence-corrected chi connectivity index (χ0v) is 8.53. The SMILES string of the molecule is CO.O=CCCCNCCCC(=O)O. The van der Waals surface area contributed by atoms with E-state index in [1.807, 2.05) is 0 Å². The molecule has 14 heavy (non-hydrogen) atoms. The summed E-state index contributed by atoms with van der Waals surface area (Å²) in [5, 5.41) is 18.3. The normalized spacial score (nSPS) is 8.71. The Labute approximate surface area is 84.1 Å². The fourth-order valence-electron chi connectivity index (χ4n) is 0.800. The van der Waals surface area contributed by atoms with Crippen molar-refractivity contribution in [2.24, 2.45) is 0 Å². The van der Waals surface area contributed by atoms with Crippen molar-refractivity contribution in [1.29, 1.82) is 0 Å². The van der Waals surface area contributed by atoms with Gasteiger partial charge in [0, 0.05) is 20.0 Å². The molecule has 0 aromatic carbocycles. The molecular formula is C9H19NO4. The number of carboxylic acid groups (broad SMARTS) is 1. The topological polar surface area (TPSA) is 86.6 Å². The second-order valence-corrected chi connectivity index (χ2v) is 2.56. The molecule has 0 saturated carbocycles. The maximum Gasteiger partial charge on any atom is 0.303 e. The zero-order chi connectivity index (χ0) is 11.2. The number of nitrogens with one attached hydrogen (secondary N) is 1. The minimum atomic E-state index is -0.760. The molecule has 0 atom stereocenters. The summed E-state index contributed by atoms with van der Waals surface area (Å²) >= 11 is 0. The van der Waals surface area contributed by atoms with Crippen LogP contribution < -0.4 is 5.32 Å². The molecular weight excluding hydrogens is 186 g/mol. The Balaban J connectivity index is 0. The number of aliphatic hydroxyl groups is 1. The first kappa shape index (κ1) is 15.5. The van der Waals surface area contributed by atoms with E-state index in [1.165, 1.54) is 0 Å². The van der Waals surface area contributed by atoms with E-state index in [-0.39, 0.29) is 6.42 Å². The first-order chi connectivity index (χ1) is 6.77. The molecule has 0 aromatic heterocycles. The van der Waals surface area contributed by atoms with Crippen molar-refractivity contribution in [2.75, 3.05) is 20.2 Å². The number of hydrogen-bond donors (Lipinski definition) is 3. The van der Waals surface area contributed by atoms with Gasteiger partial charge in [0.05, 0.1) is 0 Å². The number of aliphatic carboxylic acids is 1. The van der Waals surface area contributed by atoms with Crippen LogP contribution in [0, 0.1) is 0 Å². The van der Waals surface area contributed by atoms with Crippen molar-refractivity contribution in [2.45, 2.75) is 25.7 Å². The van der Waals surface area contributed by atoms with Crippen LogP contribution in [0.5, 0.6) is 0 Å². The lowest BCUT2D eigenvalue weighted by Crippen LogP contribution is -2.17. The summed E-state index contributed by atoms with van der Waals surface area (Å²) in [5.74, 6) is -0.760. The Morgan fingerprint density at radius 1 is 1.29 bits per heavy atom. The van der Waals surface area contributed by atoms with Gasteiger partial charge in [0.15, 0.2) is 0 Å². The Kier molecular flexibility index (Phi) is 16.2. The average Bonchev–Trinajstić information content (AvgIpc) is 2.19. The fraction of sp³-hybridized carbons (Fsp3) is 0.778. The summed E-state index contributed by atoms with van der Waals surface area (Å²) in [7, 11) is 1.00. The number of unbranched alkanes of at least 4 members (excludes halogenated alkanes) is 1. The van der Waals surface area contributed by atoms with Gasteiger partial charge in [0.25, 0.3) is 0 Å². The summed E-state index contributed by atoms with van der Waals surface area (Å²) in [6, 6.07) is 0. The number of carboxylic acids is 1. The highest BCUT2D eigenvalue weighted by molar-refractivity contribution is 5.66. The van der Waals surface area contributed by atoms with Gasteiger partial charge < -0.3 is 20.3 Å². The number of rotatable bonds is 8. The molecule has 0 unspecified atom stereocenters. The first-order valence-electron chi connectivity index (χ1n) is 4.58. The average molecular weight is 205 g/mol. The highest BCUT2D eigenvalue weighted by Gasteiger charge is 1.94. The largest absolute Gasteiger partial charge is 0.481 e. The lowest BCUT2D eigenvalue weighted by molar-refractivity contribution is -0.137. The van der Waals surface area contributed by atoms with Gasteiger partial charge in [-0.05, 0) is 25.9 Å². The summed E-state index contributed by atoms with van der Waals surface area (Å²) < 4.78 is 0. The standard InChI is InChI=1S/C8H15NO3.CH4O/c10-7-2-1-5-9-6-3-4-8(11)12;1-2/h7,9H,1-6H2,(H,11,12);2H,1H3. The second-order valence-electron chi connectivity index (χ2n) is 2.56. The van der Waals surface area contributed by atoms with Crippen molar-refractivity contribution in [3.05, 3.63) is 0 Å². The van der Waals surface area contributed by atoms with Gasteiger partial charge in [-0.1, -0.05) is 0 Å². The molecule has 0 spiro atoms. The summed E-state index contributed by atoms with van der Waals surface area (Å²) in [6.45, 7) is 1.50. The predicted octanol–water partition coefficient (Wildman–Crippen LogP) is 0.0284. The lowest BCUT2D eigenvalue weighted by Gasteiger charge is -2.00. The van der Waals surface area contributed by atoms with Gasteiger partial charge in [0.1, 0.15) is 6.29 Å². The lowest BCUT2D eigenvalue weighted by atomic mass is 10.3. The third-order valence-corrected chi connectivity index (χ3v) is 1.42. The quantitative estimate of drug-likeness (QED) is 0.384. The van der Waals surface area contributed by atoms with E-state index in [9.17, 15) is 9.59 Å². The molecule has 0 bridgehead atoms. The molecule has 84 valence electrons. The predicted molar refractivity (Wildman–Crippen MR) is 53.2 cm³/mol. The molecule has 0 aromatic rings. The van der Waals surface area contributed by atoms with Crippen molar-refractivity contribution in [1.82, 2.24) is 5.32 Å². The van der Waals surface area contributed by atoms with Crippen LogP contribution >= 0.6 is 0 Å².